The molecule has 12 heavy (non-hydrogen) atoms. The zero-order chi connectivity index (χ0) is 9.35. The normalized spacial score (nSPS) is 32.8. The lowest BCUT2D eigenvalue weighted by molar-refractivity contribution is 0.0572. The average Bonchev–Trinajstić information content (AvgIpc) is 2.07. The molecule has 0 unspecified atom stereocenters. The third kappa shape index (κ3) is 2.73. The Morgan fingerprint density at radius 2 is 1.58 bits per heavy atom. The van der Waals surface area contributed by atoms with E-state index in [9.17, 15) is 10.2 Å². The van der Waals surface area contributed by atoms with Gasteiger partial charge in [-0.15, -0.1) is 0 Å². The highest BCUT2D eigenvalue weighted by Gasteiger charge is 2.31. The minimum Gasteiger partial charge on any atom is -0.389 e. The van der Waals surface area contributed by atoms with Crippen molar-refractivity contribution >= 4 is 0 Å². The van der Waals surface area contributed by atoms with Crippen LogP contribution < -0.4 is 0 Å². The highest BCUT2D eigenvalue weighted by molar-refractivity contribution is 4.85. The van der Waals surface area contributed by atoms with Crippen LogP contribution in [-0.2, 0) is 0 Å². The first-order chi connectivity index (χ1) is 5.38. The van der Waals surface area contributed by atoms with Crippen LogP contribution >= 0.6 is 0 Å². The smallest absolute Gasteiger partial charge is 0.0938 e. The lowest BCUT2D eigenvalue weighted by Gasteiger charge is -2.25. The number of nitrogens with zero attached hydrogens (tertiary/aromatic N) is 1. The molecule has 0 aromatic carbocycles. The van der Waals surface area contributed by atoms with Crippen molar-refractivity contribution in [3.63, 3.8) is 0 Å². The summed E-state index contributed by atoms with van der Waals surface area (Å²) in [6.07, 6.45) is -1.10. The topological polar surface area (TPSA) is 43.7 Å². The number of hydrogen-bond donors (Lipinski definition) is 2. The molecular weight excluding hydrogens is 154 g/mol. The first-order valence-corrected chi connectivity index (χ1v) is 4.47. The molecular formula is C9H19NO2. The highest BCUT2D eigenvalue weighted by Crippen LogP contribution is 2.19. The summed E-state index contributed by atoms with van der Waals surface area (Å²) in [6.45, 7) is 8.62. The van der Waals surface area contributed by atoms with Gasteiger partial charge in [-0.05, 0) is 5.41 Å². The first-order valence-electron chi connectivity index (χ1n) is 4.47. The molecule has 0 aromatic heterocycles. The predicted octanol–water partition coefficient (Wildman–Crippen LogP) is 0.0699. The van der Waals surface area contributed by atoms with Crippen molar-refractivity contribution in [1.82, 2.24) is 4.90 Å². The van der Waals surface area contributed by atoms with Crippen LogP contribution in [0.2, 0.25) is 0 Å². The van der Waals surface area contributed by atoms with Gasteiger partial charge in [0.15, 0.2) is 0 Å². The maximum Gasteiger partial charge on any atom is 0.0938 e. The minimum absolute atomic E-state index is 0.240. The largest absolute Gasteiger partial charge is 0.389 e. The molecule has 0 aliphatic carbocycles. The molecule has 1 aliphatic rings. The summed E-state index contributed by atoms with van der Waals surface area (Å²) in [6, 6.07) is 0. The van der Waals surface area contributed by atoms with Crippen molar-refractivity contribution in [2.24, 2.45) is 5.41 Å². The minimum atomic E-state index is -0.549. The van der Waals surface area contributed by atoms with Gasteiger partial charge in [0.1, 0.15) is 0 Å². The van der Waals surface area contributed by atoms with E-state index in [2.05, 4.69) is 25.7 Å². The molecule has 1 aliphatic heterocycles. The van der Waals surface area contributed by atoms with Gasteiger partial charge in [-0.3, -0.25) is 4.90 Å². The Balaban J connectivity index is 2.38. The van der Waals surface area contributed by atoms with Gasteiger partial charge in [-0.25, -0.2) is 0 Å². The molecule has 1 rings (SSSR count). The van der Waals surface area contributed by atoms with Crippen LogP contribution in [0.1, 0.15) is 20.8 Å². The quantitative estimate of drug-likeness (QED) is 0.590. The Kier molecular flexibility index (Phi) is 2.76. The van der Waals surface area contributed by atoms with E-state index in [0.29, 0.717) is 13.1 Å². The third-order valence-electron chi connectivity index (χ3n) is 2.03. The molecule has 0 radical (unpaired) electrons. The molecule has 2 atom stereocenters. The lowest BCUT2D eigenvalue weighted by Crippen LogP contribution is -2.31. The van der Waals surface area contributed by atoms with Gasteiger partial charge < -0.3 is 10.2 Å². The van der Waals surface area contributed by atoms with Crippen LogP contribution in [0, 0.1) is 5.41 Å². The van der Waals surface area contributed by atoms with E-state index in [1.165, 1.54) is 0 Å². The van der Waals surface area contributed by atoms with E-state index in [1.807, 2.05) is 0 Å². The molecule has 3 heteroatoms. The average molecular weight is 173 g/mol. The summed E-state index contributed by atoms with van der Waals surface area (Å²) in [5.41, 5.74) is 0.240. The number of likely N-dealkylation sites (tertiary alicyclic amines) is 1. The fraction of sp³-hybridized carbons (Fsp3) is 1.00. The van der Waals surface area contributed by atoms with Crippen LogP contribution in [0.5, 0.6) is 0 Å². The summed E-state index contributed by atoms with van der Waals surface area (Å²) < 4.78 is 0. The molecule has 0 amide bonds. The Morgan fingerprint density at radius 1 is 1.17 bits per heavy atom. The van der Waals surface area contributed by atoms with Crippen LogP contribution in [0.3, 0.4) is 0 Å². The van der Waals surface area contributed by atoms with Crippen molar-refractivity contribution < 1.29 is 10.2 Å². The molecule has 72 valence electrons. The monoisotopic (exact) mass is 173 g/mol. The highest BCUT2D eigenvalue weighted by atomic mass is 16.3. The summed E-state index contributed by atoms with van der Waals surface area (Å²) in [5.74, 6) is 0. The molecule has 0 spiro atoms. The fourth-order valence-electron chi connectivity index (χ4n) is 1.65. The number of rotatable bonds is 1. The summed E-state index contributed by atoms with van der Waals surface area (Å²) in [5, 5.41) is 18.5. The van der Waals surface area contributed by atoms with Gasteiger partial charge in [0.2, 0.25) is 0 Å². The maximum atomic E-state index is 9.27. The second kappa shape index (κ2) is 3.32. The van der Waals surface area contributed by atoms with E-state index >= 15 is 0 Å². The Morgan fingerprint density at radius 3 is 1.92 bits per heavy atom. The molecule has 1 saturated heterocycles. The van der Waals surface area contributed by atoms with E-state index in [0.717, 1.165) is 6.54 Å². The second-order valence-corrected chi connectivity index (χ2v) is 4.89. The van der Waals surface area contributed by atoms with Gasteiger partial charge in [0.05, 0.1) is 12.2 Å². The third-order valence-corrected chi connectivity index (χ3v) is 2.03. The molecule has 3 nitrogen and oxygen atoms in total. The van der Waals surface area contributed by atoms with E-state index in [4.69, 9.17) is 0 Å². The van der Waals surface area contributed by atoms with E-state index in [1.54, 1.807) is 0 Å². The maximum absolute atomic E-state index is 9.27. The van der Waals surface area contributed by atoms with Gasteiger partial charge >= 0.3 is 0 Å². The lowest BCUT2D eigenvalue weighted by atomic mass is 9.96. The summed E-state index contributed by atoms with van der Waals surface area (Å²) in [4.78, 5) is 2.11. The molecule has 1 fully saturated rings. The van der Waals surface area contributed by atoms with Gasteiger partial charge in [0.25, 0.3) is 0 Å². The van der Waals surface area contributed by atoms with Crippen molar-refractivity contribution in [1.29, 1.82) is 0 Å². The predicted molar refractivity (Wildman–Crippen MR) is 47.9 cm³/mol. The summed E-state index contributed by atoms with van der Waals surface area (Å²) in [7, 11) is 0. The number of β-amino-alcohol motifs (C(OH)–C–C–N with tert-alkyl or cyclic N) is 2. The van der Waals surface area contributed by atoms with E-state index in [-0.39, 0.29) is 5.41 Å². The standard InChI is InChI=1S/C9H19NO2/c1-9(2,3)6-10-4-7(11)8(12)5-10/h7-8,11-12H,4-6H2,1-3H3/t7-,8-/m0/s1. The molecule has 0 bridgehead atoms. The fourth-order valence-corrected chi connectivity index (χ4v) is 1.65. The van der Waals surface area contributed by atoms with Crippen molar-refractivity contribution in [2.45, 2.75) is 33.0 Å². The van der Waals surface area contributed by atoms with Crippen molar-refractivity contribution in [2.75, 3.05) is 19.6 Å². The van der Waals surface area contributed by atoms with Gasteiger partial charge in [0, 0.05) is 19.6 Å². The SMILES string of the molecule is CC(C)(C)CN1C[C@H](O)[C@@H](O)C1. The Labute approximate surface area is 74.0 Å². The van der Waals surface area contributed by atoms with Gasteiger partial charge in [-0.1, -0.05) is 20.8 Å². The molecule has 1 heterocycles. The number of aliphatic hydroxyl groups excluding tert-OH is 2. The van der Waals surface area contributed by atoms with Crippen molar-refractivity contribution in [3.05, 3.63) is 0 Å². The van der Waals surface area contributed by atoms with Crippen LogP contribution in [0.25, 0.3) is 0 Å². The van der Waals surface area contributed by atoms with Crippen LogP contribution in [0.15, 0.2) is 0 Å². The molecule has 0 aromatic rings. The number of hydrogen-bond acceptors (Lipinski definition) is 3. The van der Waals surface area contributed by atoms with Crippen LogP contribution in [-0.4, -0.2) is 47.0 Å². The van der Waals surface area contributed by atoms with Crippen molar-refractivity contribution in [3.8, 4) is 0 Å². The first kappa shape index (κ1) is 9.96. The van der Waals surface area contributed by atoms with Crippen LogP contribution in [0.4, 0.5) is 0 Å². The van der Waals surface area contributed by atoms with E-state index < -0.39 is 12.2 Å². The zero-order valence-electron chi connectivity index (χ0n) is 8.12. The summed E-state index contributed by atoms with van der Waals surface area (Å²) >= 11 is 0. The van der Waals surface area contributed by atoms with Gasteiger partial charge in [-0.2, -0.15) is 0 Å². The molecule has 2 N–H and O–H groups in total. The second-order valence-electron chi connectivity index (χ2n) is 4.89. The molecule has 0 saturated carbocycles. The number of aliphatic hydroxyl groups is 2. The zero-order valence-corrected chi connectivity index (χ0v) is 8.12. The Bertz CT molecular complexity index is 143. The Hall–Kier alpha value is -0.120.